The molecule has 0 saturated heterocycles. The highest BCUT2D eigenvalue weighted by Gasteiger charge is 2.16. The Morgan fingerprint density at radius 2 is 2.44 bits per heavy atom. The smallest absolute Gasteiger partial charge is 0.237 e. The molecule has 0 bridgehead atoms. The van der Waals surface area contributed by atoms with E-state index in [2.05, 4.69) is 17.2 Å². The molecule has 3 N–H and O–H groups in total. The van der Waals surface area contributed by atoms with Gasteiger partial charge in [0.1, 0.15) is 5.01 Å². The average molecular weight is 241 g/mol. The van der Waals surface area contributed by atoms with Crippen molar-refractivity contribution in [2.75, 3.05) is 0 Å². The van der Waals surface area contributed by atoms with E-state index in [0.717, 1.165) is 24.3 Å². The number of thiazole rings is 1. The molecule has 1 amide bonds. The van der Waals surface area contributed by atoms with Gasteiger partial charge >= 0.3 is 0 Å². The third-order valence-electron chi connectivity index (χ3n) is 2.39. The summed E-state index contributed by atoms with van der Waals surface area (Å²) in [6, 6.07) is -0.456. The molecule has 1 aromatic heterocycles. The number of carbonyl (C=O) groups excluding carboxylic acids is 1. The Hall–Kier alpha value is -0.940. The van der Waals surface area contributed by atoms with Gasteiger partial charge in [0, 0.05) is 11.6 Å². The van der Waals surface area contributed by atoms with Gasteiger partial charge in [-0.2, -0.15) is 0 Å². The molecule has 16 heavy (non-hydrogen) atoms. The second-order valence-corrected chi connectivity index (χ2v) is 4.78. The fraction of sp³-hybridized carbons (Fsp3) is 0.636. The monoisotopic (exact) mass is 241 g/mol. The first-order valence-corrected chi connectivity index (χ1v) is 6.48. The molecule has 2 unspecified atom stereocenters. The van der Waals surface area contributed by atoms with Crippen LogP contribution in [-0.2, 0) is 4.79 Å². The molecule has 90 valence electrons. The van der Waals surface area contributed by atoms with Gasteiger partial charge in [-0.1, -0.05) is 19.8 Å². The summed E-state index contributed by atoms with van der Waals surface area (Å²) in [6.07, 6.45) is 4.52. The number of amides is 1. The second-order valence-electron chi connectivity index (χ2n) is 3.85. The molecule has 2 atom stereocenters. The van der Waals surface area contributed by atoms with Gasteiger partial charge in [0.2, 0.25) is 5.91 Å². The predicted molar refractivity (Wildman–Crippen MR) is 66.2 cm³/mol. The van der Waals surface area contributed by atoms with Crippen molar-refractivity contribution in [3.8, 4) is 0 Å². The topological polar surface area (TPSA) is 68.0 Å². The normalized spacial score (nSPS) is 14.4. The third-order valence-corrected chi connectivity index (χ3v) is 3.34. The van der Waals surface area contributed by atoms with Crippen LogP contribution in [0.15, 0.2) is 11.6 Å². The minimum absolute atomic E-state index is 0.0554. The van der Waals surface area contributed by atoms with E-state index in [1.807, 2.05) is 12.3 Å². The highest BCUT2D eigenvalue weighted by molar-refractivity contribution is 7.09. The van der Waals surface area contributed by atoms with Gasteiger partial charge in [-0.25, -0.2) is 4.98 Å². The van der Waals surface area contributed by atoms with E-state index in [9.17, 15) is 4.79 Å². The number of carbonyl (C=O) groups is 1. The van der Waals surface area contributed by atoms with Crippen molar-refractivity contribution in [3.05, 3.63) is 16.6 Å². The van der Waals surface area contributed by atoms with E-state index < -0.39 is 6.04 Å². The maximum atomic E-state index is 11.7. The SMILES string of the molecule is CCCCC(N)C(=O)NC(C)c1nccs1. The molecule has 0 fully saturated rings. The molecule has 0 radical (unpaired) electrons. The lowest BCUT2D eigenvalue weighted by molar-refractivity contribution is -0.123. The summed E-state index contributed by atoms with van der Waals surface area (Å²) >= 11 is 1.54. The second kappa shape index (κ2) is 6.60. The van der Waals surface area contributed by atoms with Gasteiger partial charge in [-0.3, -0.25) is 4.79 Å². The fourth-order valence-electron chi connectivity index (χ4n) is 1.39. The van der Waals surface area contributed by atoms with Crippen LogP contribution < -0.4 is 11.1 Å². The Kier molecular flexibility index (Phi) is 5.42. The number of nitrogens with two attached hydrogens (primary N) is 1. The predicted octanol–water partition coefficient (Wildman–Crippen LogP) is 1.84. The van der Waals surface area contributed by atoms with Crippen molar-refractivity contribution in [3.63, 3.8) is 0 Å². The zero-order valence-corrected chi connectivity index (χ0v) is 10.6. The first-order chi connectivity index (χ1) is 7.65. The van der Waals surface area contributed by atoms with Crippen LogP contribution in [-0.4, -0.2) is 16.9 Å². The van der Waals surface area contributed by atoms with E-state index in [-0.39, 0.29) is 11.9 Å². The zero-order valence-electron chi connectivity index (χ0n) is 9.77. The van der Waals surface area contributed by atoms with Crippen LogP contribution in [0.1, 0.15) is 44.2 Å². The molecule has 5 heteroatoms. The average Bonchev–Trinajstić information content (AvgIpc) is 2.79. The molecule has 1 rings (SSSR count). The molecular formula is C11H19N3OS. The molecule has 1 aromatic rings. The van der Waals surface area contributed by atoms with E-state index in [0.29, 0.717) is 0 Å². The van der Waals surface area contributed by atoms with Crippen molar-refractivity contribution in [2.24, 2.45) is 5.73 Å². The third kappa shape index (κ3) is 3.90. The lowest BCUT2D eigenvalue weighted by atomic mass is 10.1. The van der Waals surface area contributed by atoms with Crippen molar-refractivity contribution in [1.82, 2.24) is 10.3 Å². The fourth-order valence-corrected chi connectivity index (χ4v) is 2.03. The zero-order chi connectivity index (χ0) is 12.0. The number of hydrogen-bond acceptors (Lipinski definition) is 4. The molecule has 0 saturated carbocycles. The van der Waals surface area contributed by atoms with Crippen LogP contribution in [0.2, 0.25) is 0 Å². The van der Waals surface area contributed by atoms with Crippen LogP contribution in [0.3, 0.4) is 0 Å². The van der Waals surface area contributed by atoms with Gasteiger partial charge in [-0.15, -0.1) is 11.3 Å². The molecule has 4 nitrogen and oxygen atoms in total. The van der Waals surface area contributed by atoms with Crippen LogP contribution in [0.5, 0.6) is 0 Å². The first-order valence-electron chi connectivity index (χ1n) is 5.60. The highest BCUT2D eigenvalue weighted by atomic mass is 32.1. The Balaban J connectivity index is 2.39. The van der Waals surface area contributed by atoms with E-state index >= 15 is 0 Å². The Bertz CT molecular complexity index is 313. The van der Waals surface area contributed by atoms with Crippen molar-refractivity contribution in [2.45, 2.75) is 45.2 Å². The van der Waals surface area contributed by atoms with E-state index in [1.165, 1.54) is 11.3 Å². The van der Waals surface area contributed by atoms with E-state index in [1.54, 1.807) is 6.20 Å². The van der Waals surface area contributed by atoms with Gasteiger partial charge in [-0.05, 0) is 13.3 Å². The lowest BCUT2D eigenvalue weighted by Crippen LogP contribution is -2.41. The van der Waals surface area contributed by atoms with Crippen LogP contribution in [0.25, 0.3) is 0 Å². The van der Waals surface area contributed by atoms with Gasteiger partial charge < -0.3 is 11.1 Å². The van der Waals surface area contributed by atoms with Crippen molar-refractivity contribution in [1.29, 1.82) is 0 Å². The summed E-state index contributed by atoms with van der Waals surface area (Å²) in [7, 11) is 0. The van der Waals surface area contributed by atoms with Crippen LogP contribution in [0.4, 0.5) is 0 Å². The molecule has 0 aromatic carbocycles. The first kappa shape index (κ1) is 13.1. The lowest BCUT2D eigenvalue weighted by Gasteiger charge is -2.15. The Morgan fingerprint density at radius 3 is 3.00 bits per heavy atom. The number of aromatic nitrogens is 1. The Labute approximate surface area is 100 Å². The van der Waals surface area contributed by atoms with Gasteiger partial charge in [0.05, 0.1) is 12.1 Å². The quantitative estimate of drug-likeness (QED) is 0.798. The minimum atomic E-state index is -0.401. The molecule has 0 aliphatic rings. The van der Waals surface area contributed by atoms with Gasteiger partial charge in [0.25, 0.3) is 0 Å². The molecular weight excluding hydrogens is 222 g/mol. The maximum Gasteiger partial charge on any atom is 0.237 e. The number of nitrogens with zero attached hydrogens (tertiary/aromatic N) is 1. The standard InChI is InChI=1S/C11H19N3OS/c1-3-4-5-9(12)10(15)14-8(2)11-13-6-7-16-11/h6-9H,3-5,12H2,1-2H3,(H,14,15). The van der Waals surface area contributed by atoms with Gasteiger partial charge in [0.15, 0.2) is 0 Å². The Morgan fingerprint density at radius 1 is 1.69 bits per heavy atom. The van der Waals surface area contributed by atoms with Crippen LogP contribution >= 0.6 is 11.3 Å². The minimum Gasteiger partial charge on any atom is -0.346 e. The molecule has 0 aliphatic carbocycles. The summed E-state index contributed by atoms with van der Waals surface area (Å²) in [4.78, 5) is 15.8. The number of hydrogen-bond donors (Lipinski definition) is 2. The molecule has 0 spiro atoms. The summed E-state index contributed by atoms with van der Waals surface area (Å²) in [5.41, 5.74) is 5.78. The summed E-state index contributed by atoms with van der Waals surface area (Å²) in [5.74, 6) is -0.0869. The number of unbranched alkanes of at least 4 members (excludes halogenated alkanes) is 1. The van der Waals surface area contributed by atoms with Crippen LogP contribution in [0, 0.1) is 0 Å². The largest absolute Gasteiger partial charge is 0.346 e. The van der Waals surface area contributed by atoms with E-state index in [4.69, 9.17) is 5.73 Å². The van der Waals surface area contributed by atoms with Crippen molar-refractivity contribution < 1.29 is 4.79 Å². The summed E-state index contributed by atoms with van der Waals surface area (Å²) in [5, 5.41) is 5.69. The molecule has 1 heterocycles. The maximum absolute atomic E-state index is 11.7. The number of nitrogens with one attached hydrogen (secondary N) is 1. The number of rotatable bonds is 6. The summed E-state index contributed by atoms with van der Waals surface area (Å²) < 4.78 is 0. The highest BCUT2D eigenvalue weighted by Crippen LogP contribution is 2.14. The molecule has 0 aliphatic heterocycles. The summed E-state index contributed by atoms with van der Waals surface area (Å²) in [6.45, 7) is 4.01. The van der Waals surface area contributed by atoms with Crippen molar-refractivity contribution >= 4 is 17.2 Å².